The molecule has 0 saturated heterocycles. The summed E-state index contributed by atoms with van der Waals surface area (Å²) < 4.78 is 2.06. The maximum absolute atomic E-state index is 4.24. The highest BCUT2D eigenvalue weighted by molar-refractivity contribution is 7.99. The number of thioether (sulfide) groups is 1. The van der Waals surface area contributed by atoms with Crippen LogP contribution in [0.2, 0.25) is 0 Å². The summed E-state index contributed by atoms with van der Waals surface area (Å²) in [5, 5.41) is 16.4. The van der Waals surface area contributed by atoms with Gasteiger partial charge in [0, 0.05) is 5.25 Å². The van der Waals surface area contributed by atoms with Crippen molar-refractivity contribution in [1.29, 1.82) is 0 Å². The van der Waals surface area contributed by atoms with Crippen molar-refractivity contribution in [3.63, 3.8) is 0 Å². The Morgan fingerprint density at radius 1 is 1.37 bits per heavy atom. The average molecular weight is 283 g/mol. The standard InChI is InChI=1S/C13H25N5S/c1-10(2)8-14-9-13-15-16-17-18(13)11-6-4-5-7-12(11)19-3/h10-12,14H,4-9H2,1-3H3. The van der Waals surface area contributed by atoms with E-state index in [1.165, 1.54) is 25.7 Å². The van der Waals surface area contributed by atoms with E-state index in [1.807, 2.05) is 11.8 Å². The molecule has 2 atom stereocenters. The van der Waals surface area contributed by atoms with Gasteiger partial charge in [0.1, 0.15) is 0 Å². The quantitative estimate of drug-likeness (QED) is 0.868. The minimum atomic E-state index is 0.467. The highest BCUT2D eigenvalue weighted by atomic mass is 32.2. The van der Waals surface area contributed by atoms with Gasteiger partial charge in [-0.2, -0.15) is 11.8 Å². The molecule has 19 heavy (non-hydrogen) atoms. The maximum atomic E-state index is 4.24. The Kier molecular flexibility index (Phi) is 5.63. The number of rotatable bonds is 6. The zero-order valence-electron chi connectivity index (χ0n) is 12.2. The van der Waals surface area contributed by atoms with Crippen LogP contribution >= 0.6 is 11.8 Å². The van der Waals surface area contributed by atoms with E-state index in [1.54, 1.807) is 0 Å². The van der Waals surface area contributed by atoms with Crippen molar-refractivity contribution in [3.05, 3.63) is 5.82 Å². The second-order valence-corrected chi connectivity index (χ2v) is 6.77. The Bertz CT molecular complexity index is 379. The van der Waals surface area contributed by atoms with Crippen LogP contribution in [-0.4, -0.2) is 38.3 Å². The summed E-state index contributed by atoms with van der Waals surface area (Å²) in [7, 11) is 0. The Morgan fingerprint density at radius 3 is 2.89 bits per heavy atom. The normalized spacial score (nSPS) is 24.0. The van der Waals surface area contributed by atoms with Crippen molar-refractivity contribution in [2.45, 2.75) is 57.4 Å². The van der Waals surface area contributed by atoms with Crippen LogP contribution < -0.4 is 5.32 Å². The van der Waals surface area contributed by atoms with Crippen molar-refractivity contribution >= 4 is 11.8 Å². The van der Waals surface area contributed by atoms with E-state index < -0.39 is 0 Å². The Morgan fingerprint density at radius 2 is 2.16 bits per heavy atom. The van der Waals surface area contributed by atoms with Crippen LogP contribution in [0.3, 0.4) is 0 Å². The summed E-state index contributed by atoms with van der Waals surface area (Å²) in [6, 6.07) is 0.467. The first-order valence-electron chi connectivity index (χ1n) is 7.22. The molecular weight excluding hydrogens is 258 g/mol. The molecule has 0 spiro atoms. The minimum Gasteiger partial charge on any atom is -0.310 e. The molecule has 5 nitrogen and oxygen atoms in total. The van der Waals surface area contributed by atoms with Gasteiger partial charge in [-0.3, -0.25) is 0 Å². The van der Waals surface area contributed by atoms with Gasteiger partial charge in [0.25, 0.3) is 0 Å². The molecule has 1 saturated carbocycles. The van der Waals surface area contributed by atoms with Crippen molar-refractivity contribution in [2.24, 2.45) is 5.92 Å². The molecule has 2 unspecified atom stereocenters. The van der Waals surface area contributed by atoms with Crippen LogP contribution in [0.1, 0.15) is 51.4 Å². The largest absolute Gasteiger partial charge is 0.310 e. The third kappa shape index (κ3) is 3.92. The Balaban J connectivity index is 2.01. The van der Waals surface area contributed by atoms with E-state index in [0.717, 1.165) is 18.9 Å². The van der Waals surface area contributed by atoms with E-state index in [0.29, 0.717) is 17.2 Å². The maximum Gasteiger partial charge on any atom is 0.165 e. The van der Waals surface area contributed by atoms with Gasteiger partial charge >= 0.3 is 0 Å². The minimum absolute atomic E-state index is 0.467. The summed E-state index contributed by atoms with van der Waals surface area (Å²) in [6.45, 7) is 6.19. The van der Waals surface area contributed by atoms with E-state index in [4.69, 9.17) is 0 Å². The zero-order chi connectivity index (χ0) is 13.7. The predicted octanol–water partition coefficient (Wildman–Crippen LogP) is 2.27. The highest BCUT2D eigenvalue weighted by Gasteiger charge is 2.28. The van der Waals surface area contributed by atoms with Crippen molar-refractivity contribution in [1.82, 2.24) is 25.5 Å². The van der Waals surface area contributed by atoms with E-state index in [-0.39, 0.29) is 0 Å². The third-order valence-electron chi connectivity index (χ3n) is 3.68. The van der Waals surface area contributed by atoms with Crippen LogP contribution in [0.15, 0.2) is 0 Å². The summed E-state index contributed by atoms with van der Waals surface area (Å²) >= 11 is 1.95. The number of tetrazole rings is 1. The molecule has 6 heteroatoms. The molecule has 1 fully saturated rings. The van der Waals surface area contributed by atoms with Crippen LogP contribution in [0.4, 0.5) is 0 Å². The lowest BCUT2D eigenvalue weighted by molar-refractivity contribution is 0.324. The fraction of sp³-hybridized carbons (Fsp3) is 0.923. The van der Waals surface area contributed by atoms with Crippen LogP contribution in [0.25, 0.3) is 0 Å². The smallest absolute Gasteiger partial charge is 0.165 e. The molecule has 0 radical (unpaired) electrons. The first-order valence-corrected chi connectivity index (χ1v) is 8.51. The van der Waals surface area contributed by atoms with E-state index in [2.05, 4.69) is 45.6 Å². The molecule has 1 aromatic rings. The average Bonchev–Trinajstić information content (AvgIpc) is 2.86. The lowest BCUT2D eigenvalue weighted by Gasteiger charge is -2.30. The summed E-state index contributed by atoms with van der Waals surface area (Å²) in [5.74, 6) is 1.63. The molecule has 1 aliphatic carbocycles. The SMILES string of the molecule is CSC1CCCCC1n1nnnc1CNCC(C)C. The van der Waals surface area contributed by atoms with E-state index in [9.17, 15) is 0 Å². The van der Waals surface area contributed by atoms with Crippen molar-refractivity contribution in [2.75, 3.05) is 12.8 Å². The molecule has 108 valence electrons. The number of hydrogen-bond acceptors (Lipinski definition) is 5. The lowest BCUT2D eigenvalue weighted by Crippen LogP contribution is -2.29. The van der Waals surface area contributed by atoms with Gasteiger partial charge in [-0.1, -0.05) is 26.7 Å². The molecule has 1 aliphatic rings. The fourth-order valence-corrected chi connectivity index (χ4v) is 3.66. The zero-order valence-corrected chi connectivity index (χ0v) is 13.0. The number of aromatic nitrogens is 4. The second kappa shape index (κ2) is 7.24. The van der Waals surface area contributed by atoms with Gasteiger partial charge in [0.05, 0.1) is 12.6 Å². The first kappa shape index (κ1) is 14.8. The van der Waals surface area contributed by atoms with Crippen LogP contribution in [0.5, 0.6) is 0 Å². The molecule has 0 bridgehead atoms. The van der Waals surface area contributed by atoms with Crippen LogP contribution in [-0.2, 0) is 6.54 Å². The second-order valence-electron chi connectivity index (χ2n) is 5.69. The molecule has 0 aliphatic heterocycles. The summed E-state index contributed by atoms with van der Waals surface area (Å²) in [4.78, 5) is 0. The van der Waals surface area contributed by atoms with Crippen molar-refractivity contribution < 1.29 is 0 Å². The highest BCUT2D eigenvalue weighted by Crippen LogP contribution is 2.35. The monoisotopic (exact) mass is 283 g/mol. The predicted molar refractivity (Wildman–Crippen MR) is 79.2 cm³/mol. The van der Waals surface area contributed by atoms with Gasteiger partial charge < -0.3 is 5.32 Å². The number of nitrogens with zero attached hydrogens (tertiary/aromatic N) is 4. The first-order chi connectivity index (χ1) is 9.22. The number of nitrogens with one attached hydrogen (secondary N) is 1. The van der Waals surface area contributed by atoms with E-state index >= 15 is 0 Å². The summed E-state index contributed by atoms with van der Waals surface area (Å²) in [6.07, 6.45) is 7.31. The third-order valence-corrected chi connectivity index (χ3v) is 4.84. The fourth-order valence-electron chi connectivity index (χ4n) is 2.69. The number of hydrogen-bond donors (Lipinski definition) is 1. The van der Waals surface area contributed by atoms with Gasteiger partial charge in [-0.05, 0) is 42.0 Å². The molecule has 2 rings (SSSR count). The van der Waals surface area contributed by atoms with Gasteiger partial charge in [-0.15, -0.1) is 5.10 Å². The lowest BCUT2D eigenvalue weighted by atomic mass is 9.95. The van der Waals surface area contributed by atoms with Crippen LogP contribution in [0, 0.1) is 5.92 Å². The molecule has 0 aromatic carbocycles. The molecular formula is C13H25N5S. The van der Waals surface area contributed by atoms with Gasteiger partial charge in [0.2, 0.25) is 0 Å². The van der Waals surface area contributed by atoms with Gasteiger partial charge in [-0.25, -0.2) is 4.68 Å². The molecule has 1 N–H and O–H groups in total. The Hall–Kier alpha value is -0.620. The van der Waals surface area contributed by atoms with Gasteiger partial charge in [0.15, 0.2) is 5.82 Å². The topological polar surface area (TPSA) is 55.6 Å². The molecule has 1 aromatic heterocycles. The molecule has 0 amide bonds. The Labute approximate surface area is 119 Å². The van der Waals surface area contributed by atoms with Crippen molar-refractivity contribution in [3.8, 4) is 0 Å². The summed E-state index contributed by atoms with van der Waals surface area (Å²) in [5.41, 5.74) is 0. The molecule has 1 heterocycles.